The monoisotopic (exact) mass is 407 g/mol. The number of rotatable bonds is 5. The van der Waals surface area contributed by atoms with E-state index in [-0.39, 0.29) is 5.91 Å². The van der Waals surface area contributed by atoms with Crippen LogP contribution in [0.2, 0.25) is 10.0 Å². The summed E-state index contributed by atoms with van der Waals surface area (Å²) in [5.74, 6) is -0.153. The molecular formula is C19H19Cl2N3OS. The topological polar surface area (TPSA) is 36.4 Å². The van der Waals surface area contributed by atoms with E-state index in [1.165, 1.54) is 11.3 Å². The molecule has 0 radical (unpaired) electrons. The molecule has 26 heavy (non-hydrogen) atoms. The second-order valence-electron chi connectivity index (χ2n) is 6.31. The van der Waals surface area contributed by atoms with Crippen LogP contribution in [0.3, 0.4) is 0 Å². The fourth-order valence-corrected chi connectivity index (χ4v) is 4.28. The lowest BCUT2D eigenvalue weighted by molar-refractivity contribution is 0.0985. The van der Waals surface area contributed by atoms with Crippen LogP contribution in [0.1, 0.15) is 15.9 Å². The Hall–Kier alpha value is -1.66. The van der Waals surface area contributed by atoms with E-state index in [0.717, 1.165) is 15.8 Å². The number of amides is 1. The van der Waals surface area contributed by atoms with Crippen LogP contribution in [0.15, 0.2) is 36.4 Å². The highest BCUT2D eigenvalue weighted by Crippen LogP contribution is 2.34. The fraction of sp³-hybridized carbons (Fsp3) is 0.263. The summed E-state index contributed by atoms with van der Waals surface area (Å²) in [6.45, 7) is 3.20. The average molecular weight is 408 g/mol. The highest BCUT2D eigenvalue weighted by molar-refractivity contribution is 7.22. The second-order valence-corrected chi connectivity index (χ2v) is 8.16. The minimum Gasteiger partial charge on any atom is -0.308 e. The molecule has 1 aromatic heterocycles. The highest BCUT2D eigenvalue weighted by Gasteiger charge is 2.23. The van der Waals surface area contributed by atoms with Gasteiger partial charge in [-0.05, 0) is 50.8 Å². The van der Waals surface area contributed by atoms with E-state index in [0.29, 0.717) is 33.8 Å². The molecule has 0 saturated carbocycles. The van der Waals surface area contributed by atoms with Gasteiger partial charge in [0.05, 0.1) is 20.8 Å². The van der Waals surface area contributed by atoms with Gasteiger partial charge >= 0.3 is 0 Å². The van der Waals surface area contributed by atoms with Crippen LogP contribution in [-0.2, 0) is 0 Å². The normalized spacial score (nSPS) is 11.3. The van der Waals surface area contributed by atoms with Gasteiger partial charge in [-0.2, -0.15) is 0 Å². The molecule has 0 atom stereocenters. The zero-order valence-electron chi connectivity index (χ0n) is 14.8. The van der Waals surface area contributed by atoms with Crippen molar-refractivity contribution in [1.82, 2.24) is 9.88 Å². The molecule has 0 aliphatic rings. The molecule has 1 heterocycles. The van der Waals surface area contributed by atoms with Crippen molar-refractivity contribution < 1.29 is 4.79 Å². The van der Waals surface area contributed by atoms with E-state index < -0.39 is 0 Å². The molecule has 0 spiro atoms. The average Bonchev–Trinajstić information content (AvgIpc) is 2.99. The largest absolute Gasteiger partial charge is 0.308 e. The van der Waals surface area contributed by atoms with Crippen molar-refractivity contribution in [2.75, 3.05) is 32.1 Å². The third kappa shape index (κ3) is 4.01. The number of carbonyl (C=O) groups excluding carboxylic acids is 1. The van der Waals surface area contributed by atoms with Gasteiger partial charge in [0, 0.05) is 18.1 Å². The van der Waals surface area contributed by atoms with Gasteiger partial charge < -0.3 is 4.90 Å². The molecule has 3 rings (SSSR count). The van der Waals surface area contributed by atoms with Gasteiger partial charge in [-0.15, -0.1) is 0 Å². The van der Waals surface area contributed by atoms with Crippen LogP contribution in [0, 0.1) is 6.92 Å². The molecule has 0 unspecified atom stereocenters. The number of anilines is 1. The van der Waals surface area contributed by atoms with Crippen molar-refractivity contribution >= 4 is 55.8 Å². The first-order valence-electron chi connectivity index (χ1n) is 8.14. The number of aromatic nitrogens is 1. The molecule has 0 bridgehead atoms. The van der Waals surface area contributed by atoms with Gasteiger partial charge in [0.15, 0.2) is 5.13 Å². The summed E-state index contributed by atoms with van der Waals surface area (Å²) in [7, 11) is 3.95. The predicted molar refractivity (Wildman–Crippen MR) is 111 cm³/mol. The number of benzene rings is 2. The smallest absolute Gasteiger partial charge is 0.261 e. The number of aryl methyl sites for hydroxylation is 1. The maximum atomic E-state index is 13.2. The third-order valence-corrected chi connectivity index (χ3v) is 5.56. The maximum Gasteiger partial charge on any atom is 0.261 e. The van der Waals surface area contributed by atoms with Crippen molar-refractivity contribution in [3.8, 4) is 0 Å². The van der Waals surface area contributed by atoms with Crippen molar-refractivity contribution in [2.24, 2.45) is 0 Å². The predicted octanol–water partition coefficient (Wildman–Crippen LogP) is 5.12. The lowest BCUT2D eigenvalue weighted by Gasteiger charge is -2.22. The SMILES string of the molecule is Cc1cc(Cl)cc2sc(N(CCN(C)C)C(=O)c3ccccc3Cl)nc12. The molecule has 0 saturated heterocycles. The number of nitrogens with zero attached hydrogens (tertiary/aromatic N) is 3. The highest BCUT2D eigenvalue weighted by atomic mass is 35.5. The number of fused-ring (bicyclic) bond motifs is 1. The molecule has 136 valence electrons. The van der Waals surface area contributed by atoms with E-state index in [9.17, 15) is 4.79 Å². The minimum absolute atomic E-state index is 0.153. The van der Waals surface area contributed by atoms with E-state index in [2.05, 4.69) is 0 Å². The van der Waals surface area contributed by atoms with Crippen molar-refractivity contribution in [3.05, 3.63) is 57.6 Å². The number of hydrogen-bond donors (Lipinski definition) is 0. The Morgan fingerprint density at radius 1 is 1.15 bits per heavy atom. The molecule has 0 fully saturated rings. The number of hydrogen-bond acceptors (Lipinski definition) is 4. The minimum atomic E-state index is -0.153. The zero-order chi connectivity index (χ0) is 18.8. The third-order valence-electron chi connectivity index (χ3n) is 3.99. The second kappa shape index (κ2) is 7.92. The quantitative estimate of drug-likeness (QED) is 0.588. The van der Waals surface area contributed by atoms with Gasteiger partial charge in [0.25, 0.3) is 5.91 Å². The van der Waals surface area contributed by atoms with Crippen LogP contribution in [0.25, 0.3) is 10.2 Å². The Morgan fingerprint density at radius 2 is 1.88 bits per heavy atom. The molecule has 1 amide bonds. The Labute approximate surface area is 167 Å². The summed E-state index contributed by atoms with van der Waals surface area (Å²) < 4.78 is 0.965. The number of carbonyl (C=O) groups is 1. The van der Waals surface area contributed by atoms with E-state index in [1.807, 2.05) is 50.2 Å². The van der Waals surface area contributed by atoms with Gasteiger partial charge in [-0.25, -0.2) is 4.98 Å². The van der Waals surface area contributed by atoms with Crippen LogP contribution in [-0.4, -0.2) is 43.0 Å². The number of halogens is 2. The summed E-state index contributed by atoms with van der Waals surface area (Å²) in [6, 6.07) is 10.9. The van der Waals surface area contributed by atoms with Gasteiger partial charge in [-0.3, -0.25) is 9.69 Å². The van der Waals surface area contributed by atoms with E-state index in [4.69, 9.17) is 28.2 Å². The first-order valence-corrected chi connectivity index (χ1v) is 9.72. The van der Waals surface area contributed by atoms with Crippen molar-refractivity contribution in [3.63, 3.8) is 0 Å². The number of likely N-dealkylation sites (N-methyl/N-ethyl adjacent to an activating group) is 1. The Bertz CT molecular complexity index is 955. The summed E-state index contributed by atoms with van der Waals surface area (Å²) in [5, 5.41) is 1.76. The van der Waals surface area contributed by atoms with Crippen molar-refractivity contribution in [1.29, 1.82) is 0 Å². The molecule has 0 N–H and O–H groups in total. The van der Waals surface area contributed by atoms with E-state index in [1.54, 1.807) is 17.0 Å². The molecule has 2 aromatic carbocycles. The Morgan fingerprint density at radius 3 is 2.58 bits per heavy atom. The summed E-state index contributed by atoms with van der Waals surface area (Å²) >= 11 is 13.9. The van der Waals surface area contributed by atoms with Gasteiger partial charge in [0.1, 0.15) is 0 Å². The lowest BCUT2D eigenvalue weighted by atomic mass is 10.2. The summed E-state index contributed by atoms with van der Waals surface area (Å²) in [4.78, 5) is 21.6. The molecule has 3 aromatic rings. The van der Waals surface area contributed by atoms with Crippen LogP contribution < -0.4 is 4.90 Å². The Balaban J connectivity index is 2.05. The number of thiazole rings is 1. The molecular weight excluding hydrogens is 389 g/mol. The maximum absolute atomic E-state index is 13.2. The first-order chi connectivity index (χ1) is 12.4. The standard InChI is InChI=1S/C19H19Cl2N3OS/c1-12-10-13(20)11-16-17(12)22-19(26-16)24(9-8-23(2)3)18(25)14-6-4-5-7-15(14)21/h4-7,10-11H,8-9H2,1-3H3. The van der Waals surface area contributed by atoms with Crippen molar-refractivity contribution in [2.45, 2.75) is 6.92 Å². The summed E-state index contributed by atoms with van der Waals surface area (Å²) in [6.07, 6.45) is 0. The van der Waals surface area contributed by atoms with Crippen LogP contribution >= 0.6 is 34.5 Å². The molecule has 0 aliphatic heterocycles. The van der Waals surface area contributed by atoms with E-state index >= 15 is 0 Å². The molecule has 4 nitrogen and oxygen atoms in total. The van der Waals surface area contributed by atoms with Gasteiger partial charge in [-0.1, -0.05) is 46.7 Å². The van der Waals surface area contributed by atoms with Crippen LogP contribution in [0.4, 0.5) is 5.13 Å². The molecule has 0 aliphatic carbocycles. The summed E-state index contributed by atoms with van der Waals surface area (Å²) in [5.41, 5.74) is 2.34. The lowest BCUT2D eigenvalue weighted by Crippen LogP contribution is -2.36. The first kappa shape index (κ1) is 19.1. The fourth-order valence-electron chi connectivity index (χ4n) is 2.62. The van der Waals surface area contributed by atoms with Crippen LogP contribution in [0.5, 0.6) is 0 Å². The Kier molecular flexibility index (Phi) is 5.82. The van der Waals surface area contributed by atoms with Gasteiger partial charge in [0.2, 0.25) is 0 Å². The molecule has 7 heteroatoms. The zero-order valence-corrected chi connectivity index (χ0v) is 17.1.